The average Bonchev–Trinajstić information content (AvgIpc) is 2.88. The number of hydrogen-bond acceptors (Lipinski definition) is 3. The lowest BCUT2D eigenvalue weighted by Gasteiger charge is -2.09. The van der Waals surface area contributed by atoms with Gasteiger partial charge in [0.2, 0.25) is 0 Å². The van der Waals surface area contributed by atoms with Crippen LogP contribution in [0.25, 0.3) is 0 Å². The molecule has 0 saturated carbocycles. The predicted octanol–water partition coefficient (Wildman–Crippen LogP) is 0.982. The number of aromatic nitrogens is 2. The highest BCUT2D eigenvalue weighted by atomic mass is 35.5. The number of halogens is 1. The quantitative estimate of drug-likeness (QED) is 0.861. The number of rotatable bonds is 3. The maximum absolute atomic E-state index is 11.7. The fourth-order valence-corrected chi connectivity index (χ4v) is 1.86. The van der Waals surface area contributed by atoms with Gasteiger partial charge in [-0.15, -0.1) is 0 Å². The lowest BCUT2D eigenvalue weighted by molar-refractivity contribution is 0.0858. The van der Waals surface area contributed by atoms with Crippen molar-refractivity contribution in [3.8, 4) is 0 Å². The van der Waals surface area contributed by atoms with Crippen molar-refractivity contribution in [2.45, 2.75) is 18.9 Å². The molecule has 1 N–H and O–H groups in total. The van der Waals surface area contributed by atoms with Crippen LogP contribution in [0.1, 0.15) is 23.2 Å². The van der Waals surface area contributed by atoms with Crippen LogP contribution < -0.4 is 5.32 Å². The molecule has 5 nitrogen and oxygen atoms in total. The topological polar surface area (TPSA) is 56.2 Å². The van der Waals surface area contributed by atoms with E-state index in [0.717, 1.165) is 19.4 Å². The normalized spacial score (nSPS) is 20.0. The number of aryl methyl sites for hydroxylation is 1. The van der Waals surface area contributed by atoms with E-state index in [-0.39, 0.29) is 12.0 Å². The number of nitrogens with one attached hydrogen (secondary N) is 1. The Bertz CT molecular complexity index is 385. The van der Waals surface area contributed by atoms with Gasteiger partial charge in [-0.2, -0.15) is 5.10 Å². The first-order valence-corrected chi connectivity index (χ1v) is 5.63. The van der Waals surface area contributed by atoms with Gasteiger partial charge in [0.25, 0.3) is 5.91 Å². The first-order valence-electron chi connectivity index (χ1n) is 5.26. The van der Waals surface area contributed by atoms with Crippen molar-refractivity contribution >= 4 is 17.5 Å². The molecule has 16 heavy (non-hydrogen) atoms. The van der Waals surface area contributed by atoms with Crippen molar-refractivity contribution in [2.24, 2.45) is 7.05 Å². The van der Waals surface area contributed by atoms with Crippen LogP contribution in [0.5, 0.6) is 0 Å². The SMILES string of the molecule is Cn1ncc(C(=O)NC[C@@H]2CCCO2)c1Cl. The van der Waals surface area contributed by atoms with Crippen molar-refractivity contribution < 1.29 is 9.53 Å². The zero-order chi connectivity index (χ0) is 11.5. The summed E-state index contributed by atoms with van der Waals surface area (Å²) in [6.07, 6.45) is 3.67. The lowest BCUT2D eigenvalue weighted by atomic mass is 10.2. The van der Waals surface area contributed by atoms with Crippen LogP contribution in [-0.4, -0.2) is 34.9 Å². The summed E-state index contributed by atoms with van der Waals surface area (Å²) in [6, 6.07) is 0. The molecule has 2 heterocycles. The van der Waals surface area contributed by atoms with Crippen LogP contribution >= 0.6 is 11.6 Å². The van der Waals surface area contributed by atoms with Gasteiger partial charge in [-0.05, 0) is 12.8 Å². The van der Waals surface area contributed by atoms with Crippen molar-refractivity contribution in [1.82, 2.24) is 15.1 Å². The molecule has 2 rings (SSSR count). The number of carbonyl (C=O) groups is 1. The molecule has 1 aromatic rings. The molecule has 6 heteroatoms. The van der Waals surface area contributed by atoms with Crippen molar-refractivity contribution in [3.05, 3.63) is 16.9 Å². The number of carbonyl (C=O) groups excluding carboxylic acids is 1. The minimum Gasteiger partial charge on any atom is -0.376 e. The van der Waals surface area contributed by atoms with Gasteiger partial charge in [-0.1, -0.05) is 11.6 Å². The fraction of sp³-hybridized carbons (Fsp3) is 0.600. The summed E-state index contributed by atoms with van der Waals surface area (Å²) in [4.78, 5) is 11.7. The molecule has 0 unspecified atom stereocenters. The van der Waals surface area contributed by atoms with Gasteiger partial charge in [0.1, 0.15) is 5.15 Å². The van der Waals surface area contributed by atoms with Crippen molar-refractivity contribution in [1.29, 1.82) is 0 Å². The summed E-state index contributed by atoms with van der Waals surface area (Å²) < 4.78 is 6.87. The van der Waals surface area contributed by atoms with Gasteiger partial charge >= 0.3 is 0 Å². The third kappa shape index (κ3) is 2.36. The summed E-state index contributed by atoms with van der Waals surface area (Å²) in [6.45, 7) is 1.32. The second kappa shape index (κ2) is 4.84. The van der Waals surface area contributed by atoms with Crippen LogP contribution in [0.4, 0.5) is 0 Å². The van der Waals surface area contributed by atoms with E-state index in [0.29, 0.717) is 17.3 Å². The standard InChI is InChI=1S/C10H14ClN3O2/c1-14-9(11)8(6-13-14)10(15)12-5-7-3-2-4-16-7/h6-7H,2-5H2,1H3,(H,12,15)/t7-/m0/s1. The minimum absolute atomic E-state index is 0.138. The van der Waals surface area contributed by atoms with Gasteiger partial charge in [-0.25, -0.2) is 0 Å². The number of amides is 1. The molecular weight excluding hydrogens is 230 g/mol. The number of ether oxygens (including phenoxy) is 1. The Morgan fingerprint density at radius 3 is 3.19 bits per heavy atom. The smallest absolute Gasteiger partial charge is 0.256 e. The molecule has 1 saturated heterocycles. The number of nitrogens with zero attached hydrogens (tertiary/aromatic N) is 2. The van der Waals surface area contributed by atoms with Crippen LogP contribution in [0.3, 0.4) is 0 Å². The summed E-state index contributed by atoms with van der Waals surface area (Å²) in [5.74, 6) is -0.200. The Balaban J connectivity index is 1.90. The zero-order valence-corrected chi connectivity index (χ0v) is 9.83. The highest BCUT2D eigenvalue weighted by molar-refractivity contribution is 6.32. The Morgan fingerprint density at radius 1 is 1.81 bits per heavy atom. The highest BCUT2D eigenvalue weighted by Crippen LogP contribution is 2.14. The molecule has 0 bridgehead atoms. The first kappa shape index (κ1) is 11.4. The molecule has 1 amide bonds. The van der Waals surface area contributed by atoms with Gasteiger partial charge in [0.15, 0.2) is 0 Å². The van der Waals surface area contributed by atoms with Crippen molar-refractivity contribution in [3.63, 3.8) is 0 Å². The second-order valence-electron chi connectivity index (χ2n) is 3.82. The Morgan fingerprint density at radius 2 is 2.62 bits per heavy atom. The largest absolute Gasteiger partial charge is 0.376 e. The van der Waals surface area contributed by atoms with E-state index in [1.54, 1.807) is 7.05 Å². The van der Waals surface area contributed by atoms with E-state index in [1.165, 1.54) is 10.9 Å². The lowest BCUT2D eigenvalue weighted by Crippen LogP contribution is -2.31. The van der Waals surface area contributed by atoms with Gasteiger partial charge in [0.05, 0.1) is 17.9 Å². The molecule has 0 aromatic carbocycles. The fourth-order valence-electron chi connectivity index (χ4n) is 1.68. The molecule has 88 valence electrons. The molecule has 1 fully saturated rings. The Labute approximate surface area is 98.7 Å². The molecule has 1 aromatic heterocycles. The summed E-state index contributed by atoms with van der Waals surface area (Å²) in [5, 5.41) is 7.05. The molecule has 0 aliphatic carbocycles. The van der Waals surface area contributed by atoms with Gasteiger partial charge in [-0.3, -0.25) is 9.48 Å². The molecule has 0 radical (unpaired) electrons. The summed E-state index contributed by atoms with van der Waals surface area (Å²) in [5.41, 5.74) is 0.405. The van der Waals surface area contributed by atoms with E-state index >= 15 is 0 Å². The first-order chi connectivity index (χ1) is 7.68. The van der Waals surface area contributed by atoms with E-state index < -0.39 is 0 Å². The molecular formula is C10H14ClN3O2. The van der Waals surface area contributed by atoms with E-state index in [2.05, 4.69) is 10.4 Å². The van der Waals surface area contributed by atoms with Crippen LogP contribution in [0.15, 0.2) is 6.20 Å². The van der Waals surface area contributed by atoms with E-state index in [4.69, 9.17) is 16.3 Å². The monoisotopic (exact) mass is 243 g/mol. The maximum atomic E-state index is 11.7. The molecule has 1 atom stereocenters. The Kier molecular flexibility index (Phi) is 3.46. The van der Waals surface area contributed by atoms with E-state index in [1.807, 2.05) is 0 Å². The van der Waals surface area contributed by atoms with Gasteiger partial charge < -0.3 is 10.1 Å². The average molecular weight is 244 g/mol. The Hall–Kier alpha value is -1.07. The number of hydrogen-bond donors (Lipinski definition) is 1. The van der Waals surface area contributed by atoms with E-state index in [9.17, 15) is 4.79 Å². The molecule has 1 aliphatic rings. The minimum atomic E-state index is -0.200. The third-order valence-electron chi connectivity index (χ3n) is 2.63. The maximum Gasteiger partial charge on any atom is 0.256 e. The van der Waals surface area contributed by atoms with Crippen LogP contribution in [-0.2, 0) is 11.8 Å². The van der Waals surface area contributed by atoms with Gasteiger partial charge in [0, 0.05) is 20.2 Å². The predicted molar refractivity (Wildman–Crippen MR) is 59.5 cm³/mol. The van der Waals surface area contributed by atoms with Crippen LogP contribution in [0.2, 0.25) is 5.15 Å². The molecule has 1 aliphatic heterocycles. The second-order valence-corrected chi connectivity index (χ2v) is 4.18. The van der Waals surface area contributed by atoms with Crippen LogP contribution in [0, 0.1) is 0 Å². The highest BCUT2D eigenvalue weighted by Gasteiger charge is 2.18. The third-order valence-corrected chi connectivity index (χ3v) is 3.07. The zero-order valence-electron chi connectivity index (χ0n) is 9.07. The summed E-state index contributed by atoms with van der Waals surface area (Å²) in [7, 11) is 1.69. The van der Waals surface area contributed by atoms with Crippen molar-refractivity contribution in [2.75, 3.05) is 13.2 Å². The summed E-state index contributed by atoms with van der Waals surface area (Å²) >= 11 is 5.91. The molecule has 0 spiro atoms.